The molecule has 0 aromatic carbocycles. The van der Waals surface area contributed by atoms with E-state index in [2.05, 4.69) is 4.74 Å². The minimum atomic E-state index is -6.35. The van der Waals surface area contributed by atoms with Gasteiger partial charge in [0.2, 0.25) is 0 Å². The molecule has 2 fully saturated rings. The van der Waals surface area contributed by atoms with Crippen molar-refractivity contribution in [2.24, 2.45) is 11.8 Å². The van der Waals surface area contributed by atoms with Crippen molar-refractivity contribution in [2.75, 3.05) is 0 Å². The highest BCUT2D eigenvalue weighted by molar-refractivity contribution is 5.02. The maximum absolute atomic E-state index is 13.5. The summed E-state index contributed by atoms with van der Waals surface area (Å²) in [7, 11) is 0. The topological polar surface area (TPSA) is 29.5 Å². The average Bonchev–Trinajstić information content (AvgIpc) is 3.11. The van der Waals surface area contributed by atoms with Gasteiger partial charge in [0.15, 0.2) is 0 Å². The average molecular weight is 470 g/mol. The van der Waals surface area contributed by atoms with Crippen molar-refractivity contribution in [1.29, 1.82) is 0 Å². The Bertz CT molecular complexity index is 575. The molecule has 2 rings (SSSR count). The number of fused-ring (bicyclic) bond motifs is 2. The van der Waals surface area contributed by atoms with Gasteiger partial charge in [0.1, 0.15) is 0 Å². The summed E-state index contributed by atoms with van der Waals surface area (Å²) in [6.45, 7) is 0. The molecule has 2 bridgehead atoms. The molecule has 2 nitrogen and oxygen atoms in total. The summed E-state index contributed by atoms with van der Waals surface area (Å²) in [6.07, 6.45) is -31.9. The first kappa shape index (κ1) is 25.3. The van der Waals surface area contributed by atoms with Gasteiger partial charge in [0.25, 0.3) is 11.2 Å². The summed E-state index contributed by atoms with van der Waals surface area (Å²) in [6, 6.07) is 0. The van der Waals surface area contributed by atoms with E-state index in [1.54, 1.807) is 0 Å². The fourth-order valence-corrected chi connectivity index (χ4v) is 4.26. The van der Waals surface area contributed by atoms with Crippen LogP contribution in [0.1, 0.15) is 44.9 Å². The van der Waals surface area contributed by atoms with Gasteiger partial charge in [-0.15, -0.1) is 0 Å². The van der Waals surface area contributed by atoms with Crippen molar-refractivity contribution in [2.45, 2.75) is 87.0 Å². The number of hydrogen-bond donors (Lipinski definition) is 1. The monoisotopic (exact) mass is 470 g/mol. The molecule has 2 saturated carbocycles. The first-order valence-corrected chi connectivity index (χ1v) is 8.92. The lowest BCUT2D eigenvalue weighted by molar-refractivity contribution is -0.397. The predicted molar refractivity (Wildman–Crippen MR) is 76.1 cm³/mol. The molecular formula is C16H18F12O2. The molecule has 0 aliphatic heterocycles. The van der Waals surface area contributed by atoms with Gasteiger partial charge in [-0.05, 0) is 56.8 Å². The van der Waals surface area contributed by atoms with Gasteiger partial charge in [0.05, 0.1) is 6.10 Å². The molecule has 178 valence electrons. The number of rotatable bonds is 6. The van der Waals surface area contributed by atoms with E-state index in [0.717, 1.165) is 0 Å². The maximum atomic E-state index is 13.5. The molecule has 3 atom stereocenters. The fourth-order valence-electron chi connectivity index (χ4n) is 4.26. The Morgan fingerprint density at radius 2 is 1.17 bits per heavy atom. The van der Waals surface area contributed by atoms with Crippen LogP contribution in [0, 0.1) is 11.8 Å². The van der Waals surface area contributed by atoms with Crippen LogP contribution in [-0.4, -0.2) is 47.1 Å². The second kappa shape index (κ2) is 7.59. The molecule has 2 aliphatic rings. The number of ether oxygens (including phenoxy) is 1. The van der Waals surface area contributed by atoms with Crippen molar-refractivity contribution in [3.63, 3.8) is 0 Å². The highest BCUT2D eigenvalue weighted by Gasteiger charge is 2.74. The van der Waals surface area contributed by atoms with E-state index in [1.165, 1.54) is 0 Å². The molecule has 0 radical (unpaired) electrons. The van der Waals surface area contributed by atoms with Crippen LogP contribution in [0.2, 0.25) is 0 Å². The molecule has 0 amide bonds. The molecule has 14 heteroatoms. The quantitative estimate of drug-likeness (QED) is 0.477. The summed E-state index contributed by atoms with van der Waals surface area (Å²) < 4.78 is 162. The summed E-state index contributed by atoms with van der Waals surface area (Å²) >= 11 is 0. The molecule has 1 N–H and O–H groups in total. The standard InChI is InChI=1S/C16H18F12O2/c17-13(18,19)11(29,14(20,21)22)4-1-5-12(15(23,24)25,16(26,27)28)30-10-7-8-2-3-9(10)6-8/h8-10,29H,1-7H2. The van der Waals surface area contributed by atoms with Gasteiger partial charge in [-0.1, -0.05) is 0 Å². The van der Waals surface area contributed by atoms with Crippen LogP contribution in [0.3, 0.4) is 0 Å². The van der Waals surface area contributed by atoms with Crippen LogP contribution in [-0.2, 0) is 4.74 Å². The largest absolute Gasteiger partial charge is 0.426 e. The predicted octanol–water partition coefficient (Wildman–Crippen LogP) is 6.08. The van der Waals surface area contributed by atoms with Crippen molar-refractivity contribution in [3.8, 4) is 0 Å². The normalized spacial score (nSPS) is 26.5. The van der Waals surface area contributed by atoms with Crippen molar-refractivity contribution < 1.29 is 62.5 Å². The van der Waals surface area contributed by atoms with Gasteiger partial charge in [0, 0.05) is 0 Å². The first-order valence-electron chi connectivity index (χ1n) is 8.92. The fraction of sp³-hybridized carbons (Fsp3) is 1.00. The van der Waals surface area contributed by atoms with E-state index < -0.39 is 67.2 Å². The highest BCUT2D eigenvalue weighted by Crippen LogP contribution is 2.55. The molecule has 3 unspecified atom stereocenters. The molecule has 2 aliphatic carbocycles. The zero-order valence-electron chi connectivity index (χ0n) is 15.1. The Morgan fingerprint density at radius 1 is 0.667 bits per heavy atom. The van der Waals surface area contributed by atoms with Crippen LogP contribution >= 0.6 is 0 Å². The minimum absolute atomic E-state index is 0.104. The molecule has 0 aromatic rings. The Hall–Kier alpha value is -0.920. The molecular weight excluding hydrogens is 452 g/mol. The third kappa shape index (κ3) is 4.35. The van der Waals surface area contributed by atoms with E-state index in [-0.39, 0.29) is 12.3 Å². The van der Waals surface area contributed by atoms with Crippen molar-refractivity contribution in [1.82, 2.24) is 0 Å². The number of hydrogen-bond acceptors (Lipinski definition) is 2. The highest BCUT2D eigenvalue weighted by atomic mass is 19.4. The third-order valence-corrected chi connectivity index (χ3v) is 5.95. The van der Waals surface area contributed by atoms with E-state index in [1.807, 2.05) is 0 Å². The van der Waals surface area contributed by atoms with Crippen LogP contribution in [0.5, 0.6) is 0 Å². The number of aliphatic hydroxyl groups is 1. The Kier molecular flexibility index (Phi) is 6.41. The Balaban J connectivity index is 2.29. The molecule has 0 spiro atoms. The van der Waals surface area contributed by atoms with Crippen LogP contribution in [0.25, 0.3) is 0 Å². The van der Waals surface area contributed by atoms with E-state index in [0.29, 0.717) is 19.3 Å². The van der Waals surface area contributed by atoms with E-state index in [9.17, 15) is 52.7 Å². The Morgan fingerprint density at radius 3 is 1.50 bits per heavy atom. The summed E-state index contributed by atoms with van der Waals surface area (Å²) in [4.78, 5) is 0. The SMILES string of the molecule is OC(CCCC(OC1CC2CCC1C2)(C(F)(F)F)C(F)(F)F)(C(F)(F)F)C(F)(F)F. The van der Waals surface area contributed by atoms with E-state index >= 15 is 0 Å². The number of halogens is 12. The summed E-state index contributed by atoms with van der Waals surface area (Å²) in [5.41, 5.74) is -10.4. The van der Waals surface area contributed by atoms with Crippen molar-refractivity contribution >= 4 is 0 Å². The summed E-state index contributed by atoms with van der Waals surface area (Å²) in [5.74, 6) is -0.735. The van der Waals surface area contributed by atoms with Gasteiger partial charge in [-0.3, -0.25) is 0 Å². The number of alkyl halides is 12. The minimum Gasteiger partial charge on any atom is -0.374 e. The van der Waals surface area contributed by atoms with Gasteiger partial charge in [-0.2, -0.15) is 52.7 Å². The maximum Gasteiger partial charge on any atom is 0.426 e. The zero-order valence-corrected chi connectivity index (χ0v) is 15.1. The van der Waals surface area contributed by atoms with Gasteiger partial charge < -0.3 is 9.84 Å². The van der Waals surface area contributed by atoms with Gasteiger partial charge >= 0.3 is 24.7 Å². The first-order chi connectivity index (χ1) is 13.3. The lowest BCUT2D eigenvalue weighted by Gasteiger charge is -2.41. The molecule has 0 aromatic heterocycles. The lowest BCUT2D eigenvalue weighted by atomic mass is 9.88. The van der Waals surface area contributed by atoms with Crippen LogP contribution in [0.4, 0.5) is 52.7 Å². The summed E-state index contributed by atoms with van der Waals surface area (Å²) in [5, 5.41) is 9.00. The Labute approximate surface area is 162 Å². The smallest absolute Gasteiger partial charge is 0.374 e. The van der Waals surface area contributed by atoms with Crippen molar-refractivity contribution in [3.05, 3.63) is 0 Å². The van der Waals surface area contributed by atoms with E-state index in [4.69, 9.17) is 5.11 Å². The zero-order chi connectivity index (χ0) is 23.4. The molecule has 0 saturated heterocycles. The van der Waals surface area contributed by atoms with Crippen LogP contribution in [0.15, 0.2) is 0 Å². The molecule has 0 heterocycles. The van der Waals surface area contributed by atoms with Gasteiger partial charge in [-0.25, -0.2) is 0 Å². The second-order valence-corrected chi connectivity index (χ2v) is 7.86. The van der Waals surface area contributed by atoms with Crippen LogP contribution < -0.4 is 0 Å². The third-order valence-electron chi connectivity index (χ3n) is 5.95. The lowest BCUT2D eigenvalue weighted by Crippen LogP contribution is -2.61. The second-order valence-electron chi connectivity index (χ2n) is 7.86. The molecule has 30 heavy (non-hydrogen) atoms.